The fraction of sp³-hybridized carbons (Fsp3) is 0.538. The minimum atomic E-state index is -0.755. The lowest BCUT2D eigenvalue weighted by Gasteiger charge is -2.29. The molecule has 1 aliphatic rings. The lowest BCUT2D eigenvalue weighted by atomic mass is 9.84. The summed E-state index contributed by atoms with van der Waals surface area (Å²) in [4.78, 5) is 19.6. The molecule has 2 atom stereocenters. The van der Waals surface area contributed by atoms with Crippen molar-refractivity contribution in [3.63, 3.8) is 0 Å². The van der Waals surface area contributed by atoms with Gasteiger partial charge in [0.1, 0.15) is 17.5 Å². The Kier molecular flexibility index (Phi) is 3.25. The van der Waals surface area contributed by atoms with E-state index in [-0.39, 0.29) is 12.0 Å². The minimum absolute atomic E-state index is 0.117. The van der Waals surface area contributed by atoms with Crippen molar-refractivity contribution in [3.8, 4) is 0 Å². The standard InChI is InChI=1S/C13H16N4O3/c1-7-10-11(14-6-15-12(10)20-17-7)16-9-5-3-2-4-8(9)13(18)19/h6,8-9H,2-5H2,1H3,(H,18,19)(H,14,15,16). The second-order valence-corrected chi connectivity index (χ2v) is 5.15. The van der Waals surface area contributed by atoms with Crippen LogP contribution >= 0.6 is 0 Å². The normalized spacial score (nSPS) is 22.9. The molecule has 0 radical (unpaired) electrons. The van der Waals surface area contributed by atoms with E-state index in [1.165, 1.54) is 6.33 Å². The van der Waals surface area contributed by atoms with E-state index in [1.54, 1.807) is 0 Å². The smallest absolute Gasteiger partial charge is 0.308 e. The van der Waals surface area contributed by atoms with Gasteiger partial charge >= 0.3 is 5.97 Å². The zero-order chi connectivity index (χ0) is 14.1. The third-order valence-electron chi connectivity index (χ3n) is 3.85. The van der Waals surface area contributed by atoms with Gasteiger partial charge in [-0.2, -0.15) is 4.98 Å². The van der Waals surface area contributed by atoms with Crippen molar-refractivity contribution < 1.29 is 14.4 Å². The van der Waals surface area contributed by atoms with Crippen molar-refractivity contribution in [3.05, 3.63) is 12.0 Å². The first-order valence-electron chi connectivity index (χ1n) is 6.73. The summed E-state index contributed by atoms with van der Waals surface area (Å²) in [7, 11) is 0. The summed E-state index contributed by atoms with van der Waals surface area (Å²) in [5.74, 6) is -0.532. The van der Waals surface area contributed by atoms with Gasteiger partial charge in [-0.15, -0.1) is 0 Å². The topological polar surface area (TPSA) is 101 Å². The van der Waals surface area contributed by atoms with Gasteiger partial charge < -0.3 is 14.9 Å². The highest BCUT2D eigenvalue weighted by Gasteiger charge is 2.31. The summed E-state index contributed by atoms with van der Waals surface area (Å²) in [6.45, 7) is 1.82. The van der Waals surface area contributed by atoms with Crippen molar-refractivity contribution in [1.29, 1.82) is 0 Å². The number of aliphatic carboxylic acids is 1. The van der Waals surface area contributed by atoms with E-state index in [1.807, 2.05) is 6.92 Å². The number of aryl methyl sites for hydroxylation is 1. The predicted octanol–water partition coefficient (Wildman–Crippen LogP) is 1.98. The Bertz CT molecular complexity index is 640. The third kappa shape index (κ3) is 2.19. The molecule has 2 N–H and O–H groups in total. The fourth-order valence-corrected chi connectivity index (χ4v) is 2.81. The number of carboxylic acid groups (broad SMARTS) is 1. The average Bonchev–Trinajstić information content (AvgIpc) is 2.82. The Balaban J connectivity index is 1.92. The molecule has 7 heteroatoms. The van der Waals surface area contributed by atoms with Crippen molar-refractivity contribution in [1.82, 2.24) is 15.1 Å². The molecule has 0 spiro atoms. The van der Waals surface area contributed by atoms with Crippen LogP contribution in [0.2, 0.25) is 0 Å². The Labute approximate surface area is 115 Å². The van der Waals surface area contributed by atoms with E-state index in [9.17, 15) is 9.90 Å². The van der Waals surface area contributed by atoms with Crippen LogP contribution in [0, 0.1) is 12.8 Å². The highest BCUT2D eigenvalue weighted by atomic mass is 16.5. The van der Waals surface area contributed by atoms with Gasteiger partial charge in [-0.1, -0.05) is 18.0 Å². The molecule has 0 saturated heterocycles. The van der Waals surface area contributed by atoms with Gasteiger partial charge in [-0.3, -0.25) is 4.79 Å². The van der Waals surface area contributed by atoms with Crippen LogP contribution in [0.5, 0.6) is 0 Å². The number of carbonyl (C=O) groups is 1. The maximum absolute atomic E-state index is 11.3. The first-order valence-corrected chi connectivity index (χ1v) is 6.73. The summed E-state index contributed by atoms with van der Waals surface area (Å²) in [5, 5.41) is 17.2. The van der Waals surface area contributed by atoms with Crippen molar-refractivity contribution in [2.75, 3.05) is 5.32 Å². The van der Waals surface area contributed by atoms with Crippen LogP contribution in [0.1, 0.15) is 31.4 Å². The summed E-state index contributed by atoms with van der Waals surface area (Å²) in [6, 6.07) is -0.117. The van der Waals surface area contributed by atoms with Crippen molar-refractivity contribution >= 4 is 22.9 Å². The second kappa shape index (κ2) is 5.07. The van der Waals surface area contributed by atoms with Gasteiger partial charge in [-0.05, 0) is 19.8 Å². The maximum atomic E-state index is 11.3. The van der Waals surface area contributed by atoms with E-state index in [2.05, 4.69) is 20.4 Å². The Morgan fingerprint density at radius 3 is 3.00 bits per heavy atom. The molecular weight excluding hydrogens is 260 g/mol. The van der Waals surface area contributed by atoms with Crippen LogP contribution in [0.15, 0.2) is 10.9 Å². The Morgan fingerprint density at radius 2 is 2.20 bits per heavy atom. The van der Waals surface area contributed by atoms with Crippen LogP contribution in [-0.2, 0) is 4.79 Å². The molecule has 106 valence electrons. The Hall–Kier alpha value is -2.18. The summed E-state index contributed by atoms with van der Waals surface area (Å²) >= 11 is 0. The molecule has 0 bridgehead atoms. The zero-order valence-corrected chi connectivity index (χ0v) is 11.2. The number of rotatable bonds is 3. The molecule has 1 aliphatic carbocycles. The number of hydrogen-bond acceptors (Lipinski definition) is 6. The van der Waals surface area contributed by atoms with E-state index in [0.717, 1.165) is 24.6 Å². The molecule has 1 fully saturated rings. The summed E-state index contributed by atoms with van der Waals surface area (Å²) in [5.41, 5.74) is 1.12. The van der Waals surface area contributed by atoms with E-state index < -0.39 is 5.97 Å². The molecule has 2 aromatic heterocycles. The lowest BCUT2D eigenvalue weighted by Crippen LogP contribution is -2.37. The van der Waals surface area contributed by atoms with Gasteiger partial charge in [-0.25, -0.2) is 4.98 Å². The second-order valence-electron chi connectivity index (χ2n) is 5.15. The average molecular weight is 276 g/mol. The molecule has 0 aliphatic heterocycles. The van der Waals surface area contributed by atoms with Gasteiger partial charge in [0.05, 0.1) is 11.6 Å². The van der Waals surface area contributed by atoms with Gasteiger partial charge in [0.15, 0.2) is 0 Å². The molecule has 2 aromatic rings. The van der Waals surface area contributed by atoms with Crippen LogP contribution < -0.4 is 5.32 Å². The van der Waals surface area contributed by atoms with Crippen molar-refractivity contribution in [2.24, 2.45) is 5.92 Å². The molecular formula is C13H16N4O3. The molecule has 20 heavy (non-hydrogen) atoms. The molecule has 7 nitrogen and oxygen atoms in total. The zero-order valence-electron chi connectivity index (χ0n) is 11.2. The van der Waals surface area contributed by atoms with E-state index in [4.69, 9.17) is 4.52 Å². The van der Waals surface area contributed by atoms with E-state index >= 15 is 0 Å². The molecule has 0 aromatic carbocycles. The number of aromatic nitrogens is 3. The van der Waals surface area contributed by atoms with Crippen LogP contribution in [0.25, 0.3) is 11.1 Å². The largest absolute Gasteiger partial charge is 0.481 e. The van der Waals surface area contributed by atoms with Gasteiger partial charge in [0.25, 0.3) is 5.71 Å². The highest BCUT2D eigenvalue weighted by molar-refractivity contribution is 5.87. The van der Waals surface area contributed by atoms with Gasteiger partial charge in [0.2, 0.25) is 0 Å². The quantitative estimate of drug-likeness (QED) is 0.883. The molecule has 0 amide bonds. The number of fused-ring (bicyclic) bond motifs is 1. The first kappa shape index (κ1) is 12.8. The third-order valence-corrected chi connectivity index (χ3v) is 3.85. The first-order chi connectivity index (χ1) is 9.66. The summed E-state index contributed by atoms with van der Waals surface area (Å²) < 4.78 is 5.10. The van der Waals surface area contributed by atoms with Crippen molar-refractivity contribution in [2.45, 2.75) is 38.6 Å². The molecule has 3 rings (SSSR count). The number of carboxylic acids is 1. The number of nitrogens with one attached hydrogen (secondary N) is 1. The maximum Gasteiger partial charge on any atom is 0.308 e. The fourth-order valence-electron chi connectivity index (χ4n) is 2.81. The lowest BCUT2D eigenvalue weighted by molar-refractivity contribution is -0.143. The van der Waals surface area contributed by atoms with Crippen LogP contribution in [-0.4, -0.2) is 32.2 Å². The molecule has 2 unspecified atom stereocenters. The van der Waals surface area contributed by atoms with Gasteiger partial charge in [0, 0.05) is 6.04 Å². The van der Waals surface area contributed by atoms with Crippen LogP contribution in [0.3, 0.4) is 0 Å². The number of hydrogen-bond donors (Lipinski definition) is 2. The van der Waals surface area contributed by atoms with E-state index in [0.29, 0.717) is 23.6 Å². The monoisotopic (exact) mass is 276 g/mol. The molecule has 2 heterocycles. The highest BCUT2D eigenvalue weighted by Crippen LogP contribution is 2.30. The van der Waals surface area contributed by atoms with Crippen LogP contribution in [0.4, 0.5) is 5.82 Å². The number of nitrogens with zero attached hydrogens (tertiary/aromatic N) is 3. The predicted molar refractivity (Wildman–Crippen MR) is 71.3 cm³/mol. The Morgan fingerprint density at radius 1 is 1.40 bits per heavy atom. The molecule has 1 saturated carbocycles. The summed E-state index contributed by atoms with van der Waals surface area (Å²) in [6.07, 6.45) is 4.91. The minimum Gasteiger partial charge on any atom is -0.481 e. The SMILES string of the molecule is Cc1noc2ncnc(NC3CCCCC3C(=O)O)c12. The number of anilines is 1.